The molecule has 358 valence electrons. The molecule has 5 aliphatic rings. The highest BCUT2D eigenvalue weighted by Gasteiger charge is 2.50. The maximum absolute atomic E-state index is 2.74. The standard InChI is InChI=1S/C66H75BN2S/c1-39-41-27-28-66(15,38-41)49-37-57-48(34-46(39)49)59-60(70-57)67-52-35-50-51(65(13,14)30-29-64(50,11)12)36-54(52)69(53-26-23-43(62(5,6)7)31-47(53)40-19-17-16-18-20-40)56-33-44(63(8,9)10)32-55(58(56)67)68(59)45-24-21-42(22-25-45)61(2,3)4/h16-26,31-37,39,41H,27-30,38H2,1-15H3/t39?,41?,66-/m1/s1. The van der Waals surface area contributed by atoms with Crippen molar-refractivity contribution >= 4 is 78.0 Å². The van der Waals surface area contributed by atoms with Gasteiger partial charge >= 0.3 is 0 Å². The van der Waals surface area contributed by atoms with E-state index in [0.29, 0.717) is 5.92 Å². The van der Waals surface area contributed by atoms with Gasteiger partial charge in [-0.2, -0.15) is 0 Å². The number of benzene rings is 6. The van der Waals surface area contributed by atoms with Crippen molar-refractivity contribution in [3.8, 4) is 11.1 Å². The van der Waals surface area contributed by atoms with Gasteiger partial charge < -0.3 is 9.80 Å². The van der Waals surface area contributed by atoms with Gasteiger partial charge in [0.2, 0.25) is 0 Å². The fourth-order valence-corrected chi connectivity index (χ4v) is 15.2. The summed E-state index contributed by atoms with van der Waals surface area (Å²) in [6.07, 6.45) is 6.31. The van der Waals surface area contributed by atoms with Crippen molar-refractivity contribution in [3.05, 3.63) is 148 Å². The van der Waals surface area contributed by atoms with Crippen LogP contribution in [0.3, 0.4) is 0 Å². The SMILES string of the molecule is CC1c2cc3c4c(sc3cc2[C@]2(C)CCC1C2)B1c2cc3c(cc2N(c2ccc(C(C)(C)C)cc2-c2ccccc2)c2cc(C(C)(C)C)cc(c21)N4c1ccc(C(C)(C)C)cc1)C(C)(C)CCC3(C)C. The van der Waals surface area contributed by atoms with E-state index in [1.165, 1.54) is 131 Å². The van der Waals surface area contributed by atoms with E-state index < -0.39 is 0 Å². The van der Waals surface area contributed by atoms with Crippen LogP contribution in [-0.4, -0.2) is 6.71 Å². The largest absolute Gasteiger partial charge is 0.311 e. The molecule has 0 saturated heterocycles. The van der Waals surface area contributed by atoms with E-state index in [4.69, 9.17) is 0 Å². The van der Waals surface area contributed by atoms with E-state index in [-0.39, 0.29) is 39.2 Å². The molecule has 70 heavy (non-hydrogen) atoms. The second-order valence-electron chi connectivity index (χ2n) is 27.3. The van der Waals surface area contributed by atoms with E-state index in [0.717, 1.165) is 5.92 Å². The minimum atomic E-state index is -0.116. The Kier molecular flexibility index (Phi) is 9.87. The molecule has 1 fully saturated rings. The van der Waals surface area contributed by atoms with Crippen molar-refractivity contribution < 1.29 is 0 Å². The zero-order valence-corrected chi connectivity index (χ0v) is 45.8. The summed E-state index contributed by atoms with van der Waals surface area (Å²) in [5.41, 5.74) is 23.8. The Hall–Kier alpha value is -5.06. The molecule has 3 heterocycles. The summed E-state index contributed by atoms with van der Waals surface area (Å²) in [5.74, 6) is 1.32. The molecule has 0 amide bonds. The molecule has 3 aliphatic carbocycles. The lowest BCUT2D eigenvalue weighted by atomic mass is 9.35. The third-order valence-corrected chi connectivity index (χ3v) is 19.7. The number of fused-ring (bicyclic) bond motifs is 11. The molecular formula is C66H75BN2S. The van der Waals surface area contributed by atoms with Gasteiger partial charge in [0.15, 0.2) is 0 Å². The average Bonchev–Trinajstić information content (AvgIpc) is 3.87. The van der Waals surface area contributed by atoms with Gasteiger partial charge in [-0.1, -0.05) is 158 Å². The van der Waals surface area contributed by atoms with Gasteiger partial charge in [0, 0.05) is 43.2 Å². The summed E-state index contributed by atoms with van der Waals surface area (Å²) in [6, 6.07) is 44.3. The van der Waals surface area contributed by atoms with Crippen LogP contribution >= 0.6 is 11.3 Å². The quantitative estimate of drug-likeness (QED) is 0.163. The maximum Gasteiger partial charge on any atom is 0.264 e. The lowest BCUT2D eigenvalue weighted by Crippen LogP contribution is -2.61. The van der Waals surface area contributed by atoms with Crippen LogP contribution < -0.4 is 25.5 Å². The lowest BCUT2D eigenvalue weighted by Gasteiger charge is -2.47. The lowest BCUT2D eigenvalue weighted by molar-refractivity contribution is 0.332. The highest BCUT2D eigenvalue weighted by Crippen LogP contribution is 2.59. The summed E-state index contributed by atoms with van der Waals surface area (Å²) in [6.45, 7) is 36.5. The molecule has 0 N–H and O–H groups in total. The molecule has 2 aliphatic heterocycles. The number of nitrogens with zero attached hydrogens (tertiary/aromatic N) is 2. The van der Waals surface area contributed by atoms with Gasteiger partial charge in [-0.25, -0.2) is 0 Å². The fraction of sp³-hybridized carbons (Fsp3) is 0.424. The van der Waals surface area contributed by atoms with Gasteiger partial charge in [-0.05, 0) is 186 Å². The highest BCUT2D eigenvalue weighted by atomic mass is 32.1. The molecule has 2 nitrogen and oxygen atoms in total. The first-order valence-electron chi connectivity index (χ1n) is 26.7. The molecule has 1 saturated carbocycles. The van der Waals surface area contributed by atoms with Crippen LogP contribution in [0.2, 0.25) is 0 Å². The van der Waals surface area contributed by atoms with E-state index >= 15 is 0 Å². The number of rotatable bonds is 3. The van der Waals surface area contributed by atoms with Crippen LogP contribution in [0.25, 0.3) is 21.2 Å². The van der Waals surface area contributed by atoms with E-state index in [1.54, 1.807) is 11.1 Å². The number of hydrogen-bond acceptors (Lipinski definition) is 3. The summed E-state index contributed by atoms with van der Waals surface area (Å²) in [7, 11) is 0. The van der Waals surface area contributed by atoms with E-state index in [2.05, 4.69) is 234 Å². The Morgan fingerprint density at radius 2 is 1.19 bits per heavy atom. The molecule has 2 unspecified atom stereocenters. The molecular weight excluding hydrogens is 864 g/mol. The molecule has 6 aromatic carbocycles. The monoisotopic (exact) mass is 939 g/mol. The van der Waals surface area contributed by atoms with Crippen LogP contribution in [0, 0.1) is 5.92 Å². The smallest absolute Gasteiger partial charge is 0.264 e. The average molecular weight is 939 g/mol. The van der Waals surface area contributed by atoms with Crippen molar-refractivity contribution in [2.24, 2.45) is 5.92 Å². The Labute approximate surface area is 425 Å². The number of anilines is 6. The molecule has 0 spiro atoms. The minimum Gasteiger partial charge on any atom is -0.311 e. The van der Waals surface area contributed by atoms with Gasteiger partial charge in [-0.15, -0.1) is 11.3 Å². The van der Waals surface area contributed by atoms with Crippen molar-refractivity contribution in [2.75, 3.05) is 9.80 Å². The van der Waals surface area contributed by atoms with Crippen molar-refractivity contribution in [1.29, 1.82) is 0 Å². The molecule has 7 aromatic rings. The zero-order valence-electron chi connectivity index (χ0n) is 45.0. The van der Waals surface area contributed by atoms with Crippen molar-refractivity contribution in [3.63, 3.8) is 0 Å². The zero-order chi connectivity index (χ0) is 49.4. The molecule has 2 bridgehead atoms. The maximum atomic E-state index is 2.74. The third kappa shape index (κ3) is 6.84. The second-order valence-corrected chi connectivity index (χ2v) is 28.3. The first kappa shape index (κ1) is 46.0. The first-order valence-corrected chi connectivity index (χ1v) is 27.5. The van der Waals surface area contributed by atoms with Gasteiger partial charge in [0.1, 0.15) is 0 Å². The number of hydrogen-bond donors (Lipinski definition) is 0. The Morgan fingerprint density at radius 1 is 0.571 bits per heavy atom. The van der Waals surface area contributed by atoms with Gasteiger partial charge in [0.05, 0.1) is 11.4 Å². The molecule has 3 atom stereocenters. The van der Waals surface area contributed by atoms with Crippen LogP contribution in [0.15, 0.2) is 109 Å². The van der Waals surface area contributed by atoms with Gasteiger partial charge in [0.25, 0.3) is 6.71 Å². The van der Waals surface area contributed by atoms with Gasteiger partial charge in [-0.3, -0.25) is 0 Å². The van der Waals surface area contributed by atoms with E-state index in [9.17, 15) is 0 Å². The molecule has 0 radical (unpaired) electrons. The molecule has 1 aromatic heterocycles. The summed E-state index contributed by atoms with van der Waals surface area (Å²) in [5, 5.41) is 1.43. The van der Waals surface area contributed by atoms with Crippen LogP contribution in [0.4, 0.5) is 34.1 Å². The van der Waals surface area contributed by atoms with Crippen LogP contribution in [-0.2, 0) is 32.5 Å². The second kappa shape index (κ2) is 15.0. The third-order valence-electron chi connectivity index (χ3n) is 18.5. The van der Waals surface area contributed by atoms with Crippen molar-refractivity contribution in [2.45, 2.75) is 174 Å². The normalized spacial score (nSPS) is 21.8. The fourth-order valence-electron chi connectivity index (χ4n) is 13.8. The van der Waals surface area contributed by atoms with Crippen LogP contribution in [0.1, 0.15) is 181 Å². The molecule has 12 rings (SSSR count). The Morgan fingerprint density at radius 3 is 1.83 bits per heavy atom. The summed E-state index contributed by atoms with van der Waals surface area (Å²) >= 11 is 2.10. The highest BCUT2D eigenvalue weighted by molar-refractivity contribution is 7.33. The molecule has 4 heteroatoms. The van der Waals surface area contributed by atoms with Crippen molar-refractivity contribution in [1.82, 2.24) is 0 Å². The number of thiophene rings is 1. The minimum absolute atomic E-state index is 0.0123. The Balaban J connectivity index is 1.24. The van der Waals surface area contributed by atoms with Crippen LogP contribution in [0.5, 0.6) is 0 Å². The van der Waals surface area contributed by atoms with E-state index in [1.807, 2.05) is 0 Å². The summed E-state index contributed by atoms with van der Waals surface area (Å²) in [4.78, 5) is 5.47. The topological polar surface area (TPSA) is 6.48 Å². The predicted molar refractivity (Wildman–Crippen MR) is 306 cm³/mol. The summed E-state index contributed by atoms with van der Waals surface area (Å²) < 4.78 is 2.93. The first-order chi connectivity index (χ1) is 32.8. The Bertz CT molecular complexity index is 3290. The predicted octanol–water partition coefficient (Wildman–Crippen LogP) is 17.1.